The monoisotopic (exact) mass is 264 g/mol. The molecule has 0 aliphatic heterocycles. The highest BCUT2D eigenvalue weighted by molar-refractivity contribution is 5.36. The van der Waals surface area contributed by atoms with Crippen LogP contribution >= 0.6 is 0 Å². The minimum atomic E-state index is 0.302. The number of anilines is 2. The smallest absolute Gasteiger partial charge is 0.323 e. The van der Waals surface area contributed by atoms with Crippen molar-refractivity contribution in [3.8, 4) is 6.01 Å². The van der Waals surface area contributed by atoms with Crippen molar-refractivity contribution >= 4 is 11.9 Å². The predicted octanol–water partition coefficient (Wildman–Crippen LogP) is 1.16. The molecule has 3 unspecified atom stereocenters. The maximum absolute atomic E-state index is 5.37. The fourth-order valence-electron chi connectivity index (χ4n) is 3.27. The molecule has 7 heteroatoms. The van der Waals surface area contributed by atoms with E-state index < -0.39 is 0 Å². The number of rotatable bonds is 5. The van der Waals surface area contributed by atoms with Gasteiger partial charge in [-0.3, -0.25) is 5.43 Å². The molecule has 0 saturated heterocycles. The number of hydrazine groups is 1. The van der Waals surface area contributed by atoms with E-state index in [0.29, 0.717) is 30.6 Å². The standard InChI is InChI=1S/C12H20N6O/c1-2-19-12-16-10(15-11(17-12)18-13)14-9-6-7-3-4-8(9)5-7/h7-9H,2-6,13H2,1H3,(H2,14,15,16,17,18). The number of nitrogens with two attached hydrogens (primary N) is 1. The Kier molecular flexibility index (Phi) is 3.37. The van der Waals surface area contributed by atoms with Crippen molar-refractivity contribution in [1.29, 1.82) is 0 Å². The molecule has 104 valence electrons. The molecule has 4 N–H and O–H groups in total. The average Bonchev–Trinajstić information content (AvgIpc) is 3.01. The molecule has 2 saturated carbocycles. The second-order valence-electron chi connectivity index (χ2n) is 5.27. The summed E-state index contributed by atoms with van der Waals surface area (Å²) >= 11 is 0. The zero-order valence-corrected chi connectivity index (χ0v) is 11.1. The van der Waals surface area contributed by atoms with E-state index in [4.69, 9.17) is 10.6 Å². The van der Waals surface area contributed by atoms with E-state index in [1.165, 1.54) is 25.7 Å². The summed E-state index contributed by atoms with van der Waals surface area (Å²) in [5.74, 6) is 7.87. The first-order valence-corrected chi connectivity index (χ1v) is 6.90. The first kappa shape index (κ1) is 12.4. The lowest BCUT2D eigenvalue weighted by Crippen LogP contribution is -2.27. The van der Waals surface area contributed by atoms with Gasteiger partial charge in [-0.05, 0) is 38.0 Å². The highest BCUT2D eigenvalue weighted by Crippen LogP contribution is 2.45. The lowest BCUT2D eigenvalue weighted by Gasteiger charge is -2.22. The summed E-state index contributed by atoms with van der Waals surface area (Å²) in [6.07, 6.45) is 5.24. The molecule has 7 nitrogen and oxygen atoms in total. The number of nitrogen functional groups attached to an aromatic ring is 1. The first-order valence-electron chi connectivity index (χ1n) is 6.90. The number of fused-ring (bicyclic) bond motifs is 2. The number of ether oxygens (including phenoxy) is 1. The van der Waals surface area contributed by atoms with Crippen LogP contribution in [0, 0.1) is 11.8 Å². The van der Waals surface area contributed by atoms with Gasteiger partial charge < -0.3 is 10.1 Å². The molecule has 19 heavy (non-hydrogen) atoms. The van der Waals surface area contributed by atoms with Crippen molar-refractivity contribution in [3.05, 3.63) is 0 Å². The van der Waals surface area contributed by atoms with E-state index in [1.54, 1.807) is 0 Å². The molecule has 0 aromatic carbocycles. The fourth-order valence-corrected chi connectivity index (χ4v) is 3.27. The third-order valence-electron chi connectivity index (χ3n) is 4.07. The summed E-state index contributed by atoms with van der Waals surface area (Å²) in [6, 6.07) is 0.775. The van der Waals surface area contributed by atoms with Gasteiger partial charge >= 0.3 is 6.01 Å². The Labute approximate surface area is 112 Å². The molecule has 2 bridgehead atoms. The molecule has 2 fully saturated rings. The fraction of sp³-hybridized carbons (Fsp3) is 0.750. The van der Waals surface area contributed by atoms with Crippen LogP contribution in [0.2, 0.25) is 0 Å². The van der Waals surface area contributed by atoms with Gasteiger partial charge in [-0.15, -0.1) is 0 Å². The van der Waals surface area contributed by atoms with Crippen molar-refractivity contribution in [1.82, 2.24) is 15.0 Å². The van der Waals surface area contributed by atoms with Crippen LogP contribution < -0.4 is 21.3 Å². The van der Waals surface area contributed by atoms with Gasteiger partial charge in [-0.1, -0.05) is 6.42 Å². The van der Waals surface area contributed by atoms with E-state index in [-0.39, 0.29) is 0 Å². The lowest BCUT2D eigenvalue weighted by molar-refractivity contribution is 0.312. The van der Waals surface area contributed by atoms with E-state index in [1.807, 2.05) is 6.92 Å². The van der Waals surface area contributed by atoms with Gasteiger partial charge in [-0.2, -0.15) is 15.0 Å². The molecular weight excluding hydrogens is 244 g/mol. The van der Waals surface area contributed by atoms with Gasteiger partial charge in [0.25, 0.3) is 0 Å². The van der Waals surface area contributed by atoms with E-state index in [2.05, 4.69) is 25.7 Å². The maximum Gasteiger partial charge on any atom is 0.323 e. The molecule has 2 aliphatic rings. The zero-order chi connectivity index (χ0) is 13.2. The SMILES string of the molecule is CCOc1nc(NN)nc(NC2CC3CCC2C3)n1. The Hall–Kier alpha value is -1.63. The van der Waals surface area contributed by atoms with Crippen molar-refractivity contribution < 1.29 is 4.74 Å². The maximum atomic E-state index is 5.37. The van der Waals surface area contributed by atoms with Crippen LogP contribution in [0.5, 0.6) is 6.01 Å². The van der Waals surface area contributed by atoms with Gasteiger partial charge in [0, 0.05) is 6.04 Å². The highest BCUT2D eigenvalue weighted by atomic mass is 16.5. The van der Waals surface area contributed by atoms with Crippen LogP contribution in [0.15, 0.2) is 0 Å². The molecule has 2 aliphatic carbocycles. The van der Waals surface area contributed by atoms with Gasteiger partial charge in [0.05, 0.1) is 6.61 Å². The molecule has 1 aromatic rings. The molecule has 1 aromatic heterocycles. The predicted molar refractivity (Wildman–Crippen MR) is 71.7 cm³/mol. The minimum Gasteiger partial charge on any atom is -0.464 e. The quantitative estimate of drug-likeness (QED) is 0.542. The number of hydrogen-bond donors (Lipinski definition) is 3. The van der Waals surface area contributed by atoms with Gasteiger partial charge in [0.2, 0.25) is 11.9 Å². The largest absolute Gasteiger partial charge is 0.464 e. The number of hydrogen-bond acceptors (Lipinski definition) is 7. The van der Waals surface area contributed by atoms with Crippen LogP contribution in [0.1, 0.15) is 32.6 Å². The molecule has 1 heterocycles. The molecule has 0 spiro atoms. The lowest BCUT2D eigenvalue weighted by atomic mass is 9.95. The summed E-state index contributed by atoms with van der Waals surface area (Å²) in [5.41, 5.74) is 2.44. The average molecular weight is 264 g/mol. The Morgan fingerprint density at radius 3 is 2.68 bits per heavy atom. The van der Waals surface area contributed by atoms with Gasteiger partial charge in [0.1, 0.15) is 0 Å². The van der Waals surface area contributed by atoms with Gasteiger partial charge in [-0.25, -0.2) is 5.84 Å². The summed E-state index contributed by atoms with van der Waals surface area (Å²) in [6.45, 7) is 2.41. The molecule has 3 atom stereocenters. The Morgan fingerprint density at radius 1 is 1.21 bits per heavy atom. The van der Waals surface area contributed by atoms with Crippen molar-refractivity contribution in [2.45, 2.75) is 38.6 Å². The van der Waals surface area contributed by atoms with Crippen LogP contribution in [0.3, 0.4) is 0 Å². The molecule has 0 amide bonds. The number of aromatic nitrogens is 3. The van der Waals surface area contributed by atoms with E-state index in [0.717, 1.165) is 11.8 Å². The topological polar surface area (TPSA) is 98.0 Å². The second kappa shape index (κ2) is 5.16. The summed E-state index contributed by atoms with van der Waals surface area (Å²) < 4.78 is 5.32. The summed E-state index contributed by atoms with van der Waals surface area (Å²) in [5, 5.41) is 3.41. The molecule has 0 radical (unpaired) electrons. The van der Waals surface area contributed by atoms with Crippen molar-refractivity contribution in [3.63, 3.8) is 0 Å². The van der Waals surface area contributed by atoms with Crippen LogP contribution in [0.25, 0.3) is 0 Å². The van der Waals surface area contributed by atoms with Crippen LogP contribution in [-0.4, -0.2) is 27.6 Å². The third-order valence-corrected chi connectivity index (χ3v) is 4.07. The molecule has 3 rings (SSSR count). The minimum absolute atomic E-state index is 0.302. The zero-order valence-electron chi connectivity index (χ0n) is 11.1. The highest BCUT2D eigenvalue weighted by Gasteiger charge is 2.39. The normalized spacial score (nSPS) is 28.4. The van der Waals surface area contributed by atoms with Crippen LogP contribution in [-0.2, 0) is 0 Å². The van der Waals surface area contributed by atoms with Gasteiger partial charge in [0.15, 0.2) is 0 Å². The first-order chi connectivity index (χ1) is 9.28. The Morgan fingerprint density at radius 2 is 2.05 bits per heavy atom. The van der Waals surface area contributed by atoms with E-state index in [9.17, 15) is 0 Å². The number of nitrogens with one attached hydrogen (secondary N) is 2. The Bertz CT molecular complexity index is 454. The summed E-state index contributed by atoms with van der Waals surface area (Å²) in [7, 11) is 0. The summed E-state index contributed by atoms with van der Waals surface area (Å²) in [4.78, 5) is 12.5. The third kappa shape index (κ3) is 2.56. The number of nitrogens with zero attached hydrogens (tertiary/aromatic N) is 3. The Balaban J connectivity index is 1.74. The van der Waals surface area contributed by atoms with Crippen molar-refractivity contribution in [2.24, 2.45) is 17.7 Å². The molecular formula is C12H20N6O. The van der Waals surface area contributed by atoms with Crippen molar-refractivity contribution in [2.75, 3.05) is 17.3 Å². The second-order valence-corrected chi connectivity index (χ2v) is 5.27. The van der Waals surface area contributed by atoms with Crippen LogP contribution in [0.4, 0.5) is 11.9 Å². The van der Waals surface area contributed by atoms with E-state index >= 15 is 0 Å².